The van der Waals surface area contributed by atoms with Gasteiger partial charge in [-0.05, 0) is 59.4 Å². The Kier molecular flexibility index (Phi) is 11.9. The molecule has 0 aromatic heterocycles. The van der Waals surface area contributed by atoms with Crippen LogP contribution in [-0.2, 0) is 9.47 Å². The van der Waals surface area contributed by atoms with E-state index < -0.39 is 11.9 Å². The van der Waals surface area contributed by atoms with Gasteiger partial charge < -0.3 is 9.47 Å². The molecule has 0 bridgehead atoms. The molecule has 0 aliphatic carbocycles. The van der Waals surface area contributed by atoms with Crippen molar-refractivity contribution >= 4 is 11.9 Å². The molecule has 3 rings (SSSR count). The Balaban J connectivity index is 1.56. The number of hydrogen-bond donors (Lipinski definition) is 0. The van der Waals surface area contributed by atoms with E-state index in [1.54, 1.807) is 24.3 Å². The minimum Gasteiger partial charge on any atom is -0.461 e. The first-order valence-electron chi connectivity index (χ1n) is 13.9. The standard InChI is InChI=1S/C34H36N2O4/c1-3-5-7-25(21-35)23-39-33(37)31-17-13-29(14-18-31)27-9-11-28(12-10-27)30-15-19-32(20-16-30)34(38)40-24-26(22-36)8-6-4-2/h9-20,25-26H,3-8,23-24H2,1-2H3/t25-,26-/m1/s1. The van der Waals surface area contributed by atoms with Gasteiger partial charge in [0.15, 0.2) is 0 Å². The molecular formula is C34H36N2O4. The second kappa shape index (κ2) is 15.9. The number of esters is 2. The summed E-state index contributed by atoms with van der Waals surface area (Å²) in [5.74, 6) is -1.40. The zero-order chi connectivity index (χ0) is 28.7. The maximum Gasteiger partial charge on any atom is 0.338 e. The number of rotatable bonds is 14. The van der Waals surface area contributed by atoms with Crippen molar-refractivity contribution in [1.82, 2.24) is 0 Å². The minimum atomic E-state index is -0.424. The second-order valence-electron chi connectivity index (χ2n) is 9.87. The van der Waals surface area contributed by atoms with Crippen LogP contribution in [-0.4, -0.2) is 25.2 Å². The summed E-state index contributed by atoms with van der Waals surface area (Å²) in [6.45, 7) is 4.36. The minimum absolute atomic E-state index is 0.113. The maximum atomic E-state index is 12.4. The van der Waals surface area contributed by atoms with Gasteiger partial charge in [0, 0.05) is 0 Å². The van der Waals surface area contributed by atoms with E-state index in [9.17, 15) is 20.1 Å². The van der Waals surface area contributed by atoms with Crippen LogP contribution >= 0.6 is 0 Å². The largest absolute Gasteiger partial charge is 0.461 e. The average molecular weight is 537 g/mol. The molecule has 0 N–H and O–H groups in total. The van der Waals surface area contributed by atoms with Gasteiger partial charge in [-0.25, -0.2) is 9.59 Å². The van der Waals surface area contributed by atoms with Crippen LogP contribution in [0.25, 0.3) is 22.3 Å². The molecule has 0 unspecified atom stereocenters. The lowest BCUT2D eigenvalue weighted by atomic mass is 9.99. The van der Waals surface area contributed by atoms with Crippen LogP contribution in [0, 0.1) is 34.5 Å². The van der Waals surface area contributed by atoms with Crippen LogP contribution < -0.4 is 0 Å². The predicted molar refractivity (Wildman–Crippen MR) is 155 cm³/mol. The van der Waals surface area contributed by atoms with Crippen molar-refractivity contribution in [1.29, 1.82) is 10.5 Å². The first-order chi connectivity index (χ1) is 19.5. The lowest BCUT2D eigenvalue weighted by Gasteiger charge is -2.10. The molecule has 3 aromatic carbocycles. The van der Waals surface area contributed by atoms with E-state index in [1.165, 1.54) is 0 Å². The molecule has 0 heterocycles. The smallest absolute Gasteiger partial charge is 0.338 e. The van der Waals surface area contributed by atoms with E-state index >= 15 is 0 Å². The Labute approximate surface area is 237 Å². The van der Waals surface area contributed by atoms with Gasteiger partial charge in [-0.3, -0.25) is 0 Å². The first kappa shape index (κ1) is 30.1. The number of carbonyl (C=O) groups is 2. The van der Waals surface area contributed by atoms with Crippen LogP contribution in [0.15, 0.2) is 72.8 Å². The first-order valence-corrected chi connectivity index (χ1v) is 13.9. The van der Waals surface area contributed by atoms with Crippen LogP contribution in [0.5, 0.6) is 0 Å². The normalized spacial score (nSPS) is 12.0. The molecule has 0 fully saturated rings. The van der Waals surface area contributed by atoms with E-state index in [1.807, 2.05) is 48.5 Å². The Bertz CT molecular complexity index is 1210. The van der Waals surface area contributed by atoms with Crippen LogP contribution in [0.4, 0.5) is 0 Å². The van der Waals surface area contributed by atoms with Gasteiger partial charge in [0.2, 0.25) is 0 Å². The molecule has 0 saturated heterocycles. The monoisotopic (exact) mass is 536 g/mol. The average Bonchev–Trinajstić information content (AvgIpc) is 3.01. The van der Waals surface area contributed by atoms with Crippen LogP contribution in [0.1, 0.15) is 73.1 Å². The van der Waals surface area contributed by atoms with Gasteiger partial charge in [-0.15, -0.1) is 0 Å². The van der Waals surface area contributed by atoms with Crippen molar-refractivity contribution in [3.05, 3.63) is 83.9 Å². The zero-order valence-corrected chi connectivity index (χ0v) is 23.3. The number of nitrogens with zero attached hydrogens (tertiary/aromatic N) is 2. The van der Waals surface area contributed by atoms with Crippen molar-refractivity contribution in [3.8, 4) is 34.4 Å². The highest BCUT2D eigenvalue weighted by molar-refractivity contribution is 5.91. The maximum absolute atomic E-state index is 12.4. The number of ether oxygens (including phenoxy) is 2. The lowest BCUT2D eigenvalue weighted by Crippen LogP contribution is -2.13. The Hall–Kier alpha value is -4.42. The topological polar surface area (TPSA) is 100 Å². The fraction of sp³-hybridized carbons (Fsp3) is 0.353. The van der Waals surface area contributed by atoms with Crippen molar-refractivity contribution in [2.45, 2.75) is 52.4 Å². The summed E-state index contributed by atoms with van der Waals surface area (Å²) in [4.78, 5) is 24.8. The molecule has 0 amide bonds. The second-order valence-corrected chi connectivity index (χ2v) is 9.87. The van der Waals surface area contributed by atoms with E-state index in [2.05, 4.69) is 26.0 Å². The Morgan fingerprint density at radius 3 is 1.18 bits per heavy atom. The number of carbonyl (C=O) groups excluding carboxylic acids is 2. The SMILES string of the molecule is CCCC[C@H](C#N)COC(=O)c1ccc(-c2ccc(-c3ccc(C(=O)OC[C@@H](C#N)CCCC)cc3)cc2)cc1. The van der Waals surface area contributed by atoms with E-state index in [4.69, 9.17) is 9.47 Å². The fourth-order valence-electron chi connectivity index (χ4n) is 4.24. The number of nitriles is 2. The molecule has 0 saturated carbocycles. The third-order valence-corrected chi connectivity index (χ3v) is 6.80. The molecule has 2 atom stereocenters. The van der Waals surface area contributed by atoms with Gasteiger partial charge in [0.05, 0.1) is 35.1 Å². The quantitative estimate of drug-likeness (QED) is 0.194. The van der Waals surface area contributed by atoms with Crippen molar-refractivity contribution in [3.63, 3.8) is 0 Å². The van der Waals surface area contributed by atoms with Gasteiger partial charge in [-0.1, -0.05) is 88.1 Å². The molecule has 206 valence electrons. The lowest BCUT2D eigenvalue weighted by molar-refractivity contribution is 0.0454. The molecule has 40 heavy (non-hydrogen) atoms. The van der Waals surface area contributed by atoms with Gasteiger partial charge >= 0.3 is 11.9 Å². The highest BCUT2D eigenvalue weighted by Crippen LogP contribution is 2.26. The molecule has 0 radical (unpaired) electrons. The summed E-state index contributed by atoms with van der Waals surface area (Å²) in [6.07, 6.45) is 5.34. The third kappa shape index (κ3) is 8.82. The van der Waals surface area contributed by atoms with Crippen LogP contribution in [0.2, 0.25) is 0 Å². The number of unbranched alkanes of at least 4 members (excludes halogenated alkanes) is 2. The van der Waals surface area contributed by atoms with Crippen molar-refractivity contribution in [2.24, 2.45) is 11.8 Å². The predicted octanol–water partition coefficient (Wildman–Crippen LogP) is 7.99. The van der Waals surface area contributed by atoms with Crippen LogP contribution in [0.3, 0.4) is 0 Å². The summed E-state index contributed by atoms with van der Waals surface area (Å²) in [5, 5.41) is 18.4. The molecule has 6 heteroatoms. The summed E-state index contributed by atoms with van der Waals surface area (Å²) in [5.41, 5.74) is 4.85. The highest BCUT2D eigenvalue weighted by Gasteiger charge is 2.14. The van der Waals surface area contributed by atoms with E-state index in [0.29, 0.717) is 11.1 Å². The molecule has 3 aromatic rings. The summed E-state index contributed by atoms with van der Waals surface area (Å²) in [6, 6.07) is 26.9. The Morgan fingerprint density at radius 2 is 0.900 bits per heavy atom. The molecule has 6 nitrogen and oxygen atoms in total. The van der Waals surface area contributed by atoms with E-state index in [0.717, 1.165) is 60.8 Å². The summed E-state index contributed by atoms with van der Waals surface area (Å²) in [7, 11) is 0. The van der Waals surface area contributed by atoms with Gasteiger partial charge in [-0.2, -0.15) is 10.5 Å². The molecule has 0 aliphatic heterocycles. The van der Waals surface area contributed by atoms with Crippen molar-refractivity contribution in [2.75, 3.05) is 13.2 Å². The fourth-order valence-corrected chi connectivity index (χ4v) is 4.24. The molecular weight excluding hydrogens is 500 g/mol. The summed E-state index contributed by atoms with van der Waals surface area (Å²) < 4.78 is 10.7. The third-order valence-electron chi connectivity index (χ3n) is 6.80. The Morgan fingerprint density at radius 1 is 0.600 bits per heavy atom. The zero-order valence-electron chi connectivity index (χ0n) is 23.3. The van der Waals surface area contributed by atoms with Crippen molar-refractivity contribution < 1.29 is 19.1 Å². The number of benzene rings is 3. The van der Waals surface area contributed by atoms with Gasteiger partial charge in [0.1, 0.15) is 13.2 Å². The number of hydrogen-bond acceptors (Lipinski definition) is 6. The van der Waals surface area contributed by atoms with E-state index in [-0.39, 0.29) is 25.0 Å². The summed E-state index contributed by atoms with van der Waals surface area (Å²) >= 11 is 0. The molecule has 0 spiro atoms. The highest BCUT2D eigenvalue weighted by atomic mass is 16.5. The van der Waals surface area contributed by atoms with Gasteiger partial charge in [0.25, 0.3) is 0 Å². The molecule has 0 aliphatic rings.